The zero-order valence-electron chi connectivity index (χ0n) is 13.5. The molecule has 0 spiro atoms. The highest BCUT2D eigenvalue weighted by atomic mass is 35.5. The maximum atomic E-state index is 12.1. The van der Waals surface area contributed by atoms with Gasteiger partial charge >= 0.3 is 0 Å². The number of hydrogen-bond donors (Lipinski definition) is 2. The summed E-state index contributed by atoms with van der Waals surface area (Å²) in [4.78, 5) is 12.1. The van der Waals surface area contributed by atoms with Crippen LogP contribution in [0.25, 0.3) is 0 Å². The minimum absolute atomic E-state index is 0.104. The Bertz CT molecular complexity index is 765. The van der Waals surface area contributed by atoms with E-state index in [9.17, 15) is 9.90 Å². The summed E-state index contributed by atoms with van der Waals surface area (Å²) in [7, 11) is 2.85. The summed E-state index contributed by atoms with van der Waals surface area (Å²) in [5, 5.41) is 14.1. The summed E-state index contributed by atoms with van der Waals surface area (Å²) in [5.74, 6) is -0.0472. The first-order valence-electron chi connectivity index (χ1n) is 7.00. The van der Waals surface area contributed by atoms with E-state index < -0.39 is 5.91 Å². The topological polar surface area (TPSA) is 80.2 Å². The number of nitrogens with one attached hydrogen (secondary N) is 1. The van der Waals surface area contributed by atoms with Gasteiger partial charge in [0.15, 0.2) is 11.5 Å². The molecule has 0 saturated carbocycles. The van der Waals surface area contributed by atoms with E-state index in [-0.39, 0.29) is 17.2 Å². The van der Waals surface area contributed by atoms with Crippen molar-refractivity contribution in [3.63, 3.8) is 0 Å². The average Bonchev–Trinajstić information content (AvgIpc) is 2.55. The number of aryl methyl sites for hydroxylation is 1. The van der Waals surface area contributed by atoms with Gasteiger partial charge in [-0.3, -0.25) is 4.79 Å². The number of halogens is 1. The molecule has 7 heteroatoms. The number of nitrogens with zero attached hydrogens (tertiary/aromatic N) is 1. The van der Waals surface area contributed by atoms with Gasteiger partial charge in [0.1, 0.15) is 0 Å². The van der Waals surface area contributed by atoms with E-state index in [1.54, 1.807) is 30.3 Å². The molecule has 126 valence electrons. The Morgan fingerprint density at radius 2 is 1.83 bits per heavy atom. The molecular formula is C17H17ClN2O4. The number of phenols is 1. The van der Waals surface area contributed by atoms with E-state index in [1.165, 1.54) is 20.4 Å². The summed E-state index contributed by atoms with van der Waals surface area (Å²) >= 11 is 6.04. The lowest BCUT2D eigenvalue weighted by Crippen LogP contribution is -2.18. The highest BCUT2D eigenvalue weighted by molar-refractivity contribution is 6.33. The van der Waals surface area contributed by atoms with Crippen LogP contribution in [0.15, 0.2) is 35.4 Å². The normalized spacial score (nSPS) is 10.7. The fraction of sp³-hybridized carbons (Fsp3) is 0.176. The van der Waals surface area contributed by atoms with Crippen LogP contribution >= 0.6 is 11.6 Å². The first-order chi connectivity index (χ1) is 11.5. The number of rotatable bonds is 5. The maximum absolute atomic E-state index is 12.1. The fourth-order valence-corrected chi connectivity index (χ4v) is 2.34. The first-order valence-corrected chi connectivity index (χ1v) is 7.38. The van der Waals surface area contributed by atoms with Crippen molar-refractivity contribution in [3.05, 3.63) is 52.0 Å². The highest BCUT2D eigenvalue weighted by Gasteiger charge is 2.11. The molecule has 24 heavy (non-hydrogen) atoms. The van der Waals surface area contributed by atoms with E-state index in [0.29, 0.717) is 16.1 Å². The molecule has 2 N–H and O–H groups in total. The summed E-state index contributed by atoms with van der Waals surface area (Å²) in [5.41, 5.74) is 4.27. The van der Waals surface area contributed by atoms with Crippen LogP contribution in [-0.2, 0) is 0 Å². The van der Waals surface area contributed by atoms with Crippen LogP contribution in [-0.4, -0.2) is 31.4 Å². The molecule has 0 aliphatic carbocycles. The molecule has 0 saturated heterocycles. The van der Waals surface area contributed by atoms with E-state index >= 15 is 0 Å². The summed E-state index contributed by atoms with van der Waals surface area (Å²) < 4.78 is 10.1. The summed E-state index contributed by atoms with van der Waals surface area (Å²) in [6.07, 6.45) is 1.41. The predicted octanol–water partition coefficient (Wildman–Crippen LogP) is 3.14. The van der Waals surface area contributed by atoms with Gasteiger partial charge in [0.25, 0.3) is 5.91 Å². The lowest BCUT2D eigenvalue weighted by molar-refractivity contribution is 0.0955. The van der Waals surface area contributed by atoms with Crippen LogP contribution in [0.3, 0.4) is 0 Å². The Morgan fingerprint density at radius 3 is 2.38 bits per heavy atom. The molecule has 6 nitrogen and oxygen atoms in total. The molecule has 0 aliphatic heterocycles. The summed E-state index contributed by atoms with van der Waals surface area (Å²) in [6, 6.07) is 8.25. The average molecular weight is 349 g/mol. The third-order valence-electron chi connectivity index (χ3n) is 3.25. The third kappa shape index (κ3) is 3.97. The molecule has 0 fully saturated rings. The van der Waals surface area contributed by atoms with Crippen molar-refractivity contribution in [1.29, 1.82) is 0 Å². The van der Waals surface area contributed by atoms with Gasteiger partial charge in [0.2, 0.25) is 5.75 Å². The molecule has 0 radical (unpaired) electrons. The van der Waals surface area contributed by atoms with Crippen molar-refractivity contribution in [1.82, 2.24) is 5.43 Å². The Morgan fingerprint density at radius 1 is 1.21 bits per heavy atom. The van der Waals surface area contributed by atoms with Crippen molar-refractivity contribution < 1.29 is 19.4 Å². The van der Waals surface area contributed by atoms with Crippen LogP contribution in [0.1, 0.15) is 21.5 Å². The van der Waals surface area contributed by atoms with Crippen LogP contribution in [0.2, 0.25) is 5.02 Å². The molecule has 2 aromatic carbocycles. The molecule has 0 unspecified atom stereocenters. The molecule has 2 aromatic rings. The SMILES string of the molecule is COc1cc(C=NNC(=O)c2ccc(C)cc2Cl)cc(OC)c1O. The van der Waals surface area contributed by atoms with Gasteiger partial charge in [-0.15, -0.1) is 0 Å². The minimum Gasteiger partial charge on any atom is -0.502 e. The second-order valence-electron chi connectivity index (χ2n) is 4.96. The third-order valence-corrected chi connectivity index (χ3v) is 3.56. The molecule has 0 atom stereocenters. The van der Waals surface area contributed by atoms with E-state index in [4.69, 9.17) is 21.1 Å². The van der Waals surface area contributed by atoms with Crippen LogP contribution < -0.4 is 14.9 Å². The van der Waals surface area contributed by atoms with Crippen molar-refractivity contribution >= 4 is 23.7 Å². The van der Waals surface area contributed by atoms with E-state index in [2.05, 4.69) is 10.5 Å². The van der Waals surface area contributed by atoms with Crippen molar-refractivity contribution in [3.8, 4) is 17.2 Å². The quantitative estimate of drug-likeness (QED) is 0.642. The van der Waals surface area contributed by atoms with E-state index in [0.717, 1.165) is 5.56 Å². The van der Waals surface area contributed by atoms with Crippen LogP contribution in [0, 0.1) is 6.92 Å². The Kier molecular flexibility index (Phi) is 5.65. The number of hydrogen-bond acceptors (Lipinski definition) is 5. The number of methoxy groups -OCH3 is 2. The van der Waals surface area contributed by atoms with E-state index in [1.807, 2.05) is 6.92 Å². The smallest absolute Gasteiger partial charge is 0.272 e. The van der Waals surface area contributed by atoms with Gasteiger partial charge in [-0.2, -0.15) is 5.10 Å². The van der Waals surface area contributed by atoms with Gasteiger partial charge in [-0.1, -0.05) is 17.7 Å². The zero-order valence-corrected chi connectivity index (χ0v) is 14.2. The van der Waals surface area contributed by atoms with Gasteiger partial charge < -0.3 is 14.6 Å². The molecule has 0 bridgehead atoms. The largest absolute Gasteiger partial charge is 0.502 e. The first kappa shape index (κ1) is 17.6. The second kappa shape index (κ2) is 7.70. The Hall–Kier alpha value is -2.73. The number of phenolic OH excluding ortho intramolecular Hbond substituents is 1. The van der Waals surface area contributed by atoms with Gasteiger partial charge in [0, 0.05) is 5.56 Å². The Balaban J connectivity index is 2.15. The number of aromatic hydroxyl groups is 1. The number of hydrazone groups is 1. The monoisotopic (exact) mass is 348 g/mol. The maximum Gasteiger partial charge on any atom is 0.272 e. The molecule has 0 heterocycles. The minimum atomic E-state index is -0.422. The number of ether oxygens (including phenoxy) is 2. The number of carbonyl (C=O) groups excluding carboxylic acids is 1. The standard InChI is InChI=1S/C17H17ClN2O4/c1-10-4-5-12(13(18)6-10)17(22)20-19-9-11-7-14(23-2)16(21)15(8-11)24-3/h4-9,21H,1-3H3,(H,20,22). The molecule has 0 aliphatic rings. The molecule has 0 aromatic heterocycles. The van der Waals surface area contributed by atoms with Crippen LogP contribution in [0.5, 0.6) is 17.2 Å². The molecular weight excluding hydrogens is 332 g/mol. The van der Waals surface area contributed by atoms with Crippen LogP contribution in [0.4, 0.5) is 0 Å². The zero-order chi connectivity index (χ0) is 17.7. The lowest BCUT2D eigenvalue weighted by Gasteiger charge is -2.09. The summed E-state index contributed by atoms with van der Waals surface area (Å²) in [6.45, 7) is 1.89. The van der Waals surface area contributed by atoms with Crippen molar-refractivity contribution in [2.24, 2.45) is 5.10 Å². The van der Waals surface area contributed by atoms with Gasteiger partial charge in [-0.05, 0) is 36.8 Å². The number of amides is 1. The van der Waals surface area contributed by atoms with Gasteiger partial charge in [0.05, 0.1) is 31.0 Å². The fourth-order valence-electron chi connectivity index (χ4n) is 2.02. The van der Waals surface area contributed by atoms with Crippen molar-refractivity contribution in [2.45, 2.75) is 6.92 Å². The van der Waals surface area contributed by atoms with Crippen molar-refractivity contribution in [2.75, 3.05) is 14.2 Å². The number of carbonyl (C=O) groups is 1. The lowest BCUT2D eigenvalue weighted by atomic mass is 10.1. The molecule has 2 rings (SSSR count). The second-order valence-corrected chi connectivity index (χ2v) is 5.36. The van der Waals surface area contributed by atoms with Gasteiger partial charge in [-0.25, -0.2) is 5.43 Å². The number of benzene rings is 2. The Labute approximate surface area is 144 Å². The molecule has 1 amide bonds. The highest BCUT2D eigenvalue weighted by Crippen LogP contribution is 2.36. The predicted molar refractivity (Wildman–Crippen MR) is 92.5 cm³/mol.